The average Bonchev–Trinajstić information content (AvgIpc) is 2.24. The molecule has 2 fully saturated rings. The zero-order chi connectivity index (χ0) is 8.77. The fraction of sp³-hybridized carbons (Fsp3) is 0.889. The maximum Gasteiger partial charge on any atom is 0.320 e. The number of urea groups is 1. The van der Waals surface area contributed by atoms with Crippen molar-refractivity contribution >= 4 is 6.03 Å². The quantitative estimate of drug-likeness (QED) is 0.579. The third-order valence-electron chi connectivity index (χ3n) is 3.26. The molecule has 1 saturated carbocycles. The summed E-state index contributed by atoms with van der Waals surface area (Å²) in [6, 6.07) is 0.220. The van der Waals surface area contributed by atoms with Crippen molar-refractivity contribution < 1.29 is 4.79 Å². The van der Waals surface area contributed by atoms with Crippen LogP contribution in [-0.4, -0.2) is 41.5 Å². The van der Waals surface area contributed by atoms with Crippen molar-refractivity contribution in [1.82, 2.24) is 9.80 Å². The van der Waals surface area contributed by atoms with Crippen molar-refractivity contribution in [1.29, 1.82) is 0 Å². The van der Waals surface area contributed by atoms with Crippen LogP contribution in [0.5, 0.6) is 0 Å². The molecule has 2 aliphatic rings. The normalized spacial score (nSPS) is 26.7. The van der Waals surface area contributed by atoms with Crippen LogP contribution < -0.4 is 0 Å². The summed E-state index contributed by atoms with van der Waals surface area (Å²) in [5, 5.41) is 0. The third-order valence-corrected chi connectivity index (χ3v) is 3.26. The maximum absolute atomic E-state index is 11.6. The zero-order valence-electron chi connectivity index (χ0n) is 7.84. The number of amides is 2. The van der Waals surface area contributed by atoms with Crippen molar-refractivity contribution in [3.05, 3.63) is 0 Å². The molecule has 12 heavy (non-hydrogen) atoms. The van der Waals surface area contributed by atoms with Gasteiger partial charge >= 0.3 is 6.03 Å². The highest BCUT2D eigenvalue weighted by Gasteiger charge is 2.50. The molecule has 1 aliphatic carbocycles. The summed E-state index contributed by atoms with van der Waals surface area (Å²) >= 11 is 0. The Hall–Kier alpha value is -0.730. The highest BCUT2D eigenvalue weighted by Crippen LogP contribution is 2.42. The molecule has 0 radical (unpaired) electrons. The van der Waals surface area contributed by atoms with E-state index >= 15 is 0 Å². The average molecular weight is 168 g/mol. The second kappa shape index (κ2) is 2.38. The van der Waals surface area contributed by atoms with Crippen molar-refractivity contribution in [3.63, 3.8) is 0 Å². The van der Waals surface area contributed by atoms with E-state index in [1.807, 2.05) is 16.8 Å². The molecule has 3 nitrogen and oxygen atoms in total. The molecule has 0 aromatic carbocycles. The molecule has 68 valence electrons. The van der Waals surface area contributed by atoms with Crippen molar-refractivity contribution in [3.8, 4) is 0 Å². The molecule has 2 amide bonds. The lowest BCUT2D eigenvalue weighted by Gasteiger charge is -2.43. The number of rotatable bonds is 1. The molecule has 0 bridgehead atoms. The molecule has 3 heteroatoms. The molecule has 1 heterocycles. The van der Waals surface area contributed by atoms with Gasteiger partial charge in [0, 0.05) is 20.1 Å². The molecule has 1 saturated heterocycles. The van der Waals surface area contributed by atoms with Crippen LogP contribution in [0.25, 0.3) is 0 Å². The number of hydrogen-bond donors (Lipinski definition) is 0. The first kappa shape index (κ1) is 7.90. The van der Waals surface area contributed by atoms with Crippen molar-refractivity contribution in [2.45, 2.75) is 31.7 Å². The van der Waals surface area contributed by atoms with Gasteiger partial charge in [0.05, 0.1) is 5.54 Å². The van der Waals surface area contributed by atoms with Gasteiger partial charge in [0.25, 0.3) is 0 Å². The summed E-state index contributed by atoms with van der Waals surface area (Å²) in [7, 11) is 1.90. The SMILES string of the molecule is CCN1C(=O)N(C)CC12CCC2. The van der Waals surface area contributed by atoms with Crippen LogP contribution in [0.2, 0.25) is 0 Å². The van der Waals surface area contributed by atoms with Crippen LogP contribution in [0.1, 0.15) is 26.2 Å². The minimum Gasteiger partial charge on any atom is -0.325 e. The lowest BCUT2D eigenvalue weighted by molar-refractivity contribution is 0.0894. The molecular formula is C9H16N2O. The highest BCUT2D eigenvalue weighted by atomic mass is 16.2. The van der Waals surface area contributed by atoms with Gasteiger partial charge < -0.3 is 9.80 Å². The number of carbonyl (C=O) groups excluding carboxylic acids is 1. The molecule has 0 N–H and O–H groups in total. The Morgan fingerprint density at radius 3 is 2.50 bits per heavy atom. The lowest BCUT2D eigenvalue weighted by Crippen LogP contribution is -2.52. The fourth-order valence-electron chi connectivity index (χ4n) is 2.49. The lowest BCUT2D eigenvalue weighted by atomic mass is 9.76. The Bertz CT molecular complexity index is 211. The van der Waals surface area contributed by atoms with E-state index in [0.717, 1.165) is 13.1 Å². The van der Waals surface area contributed by atoms with Crippen LogP contribution >= 0.6 is 0 Å². The number of nitrogens with zero attached hydrogens (tertiary/aromatic N) is 2. The Morgan fingerprint density at radius 1 is 1.50 bits per heavy atom. The van der Waals surface area contributed by atoms with Gasteiger partial charge in [-0.15, -0.1) is 0 Å². The minimum atomic E-state index is 0.220. The monoisotopic (exact) mass is 168 g/mol. The zero-order valence-corrected chi connectivity index (χ0v) is 7.84. The second-order valence-corrected chi connectivity index (χ2v) is 3.96. The summed E-state index contributed by atoms with van der Waals surface area (Å²) in [4.78, 5) is 15.5. The summed E-state index contributed by atoms with van der Waals surface area (Å²) in [6.45, 7) is 3.87. The molecule has 0 aromatic heterocycles. The first-order valence-corrected chi connectivity index (χ1v) is 4.72. The topological polar surface area (TPSA) is 23.6 Å². The van der Waals surface area contributed by atoms with E-state index in [1.54, 1.807) is 0 Å². The van der Waals surface area contributed by atoms with E-state index in [0.29, 0.717) is 0 Å². The van der Waals surface area contributed by atoms with E-state index in [1.165, 1.54) is 19.3 Å². The molecule has 0 aromatic rings. The minimum absolute atomic E-state index is 0.220. The highest BCUT2D eigenvalue weighted by molar-refractivity contribution is 5.78. The molecular weight excluding hydrogens is 152 g/mol. The van der Waals surface area contributed by atoms with Gasteiger partial charge in [-0.25, -0.2) is 4.79 Å². The van der Waals surface area contributed by atoms with Gasteiger partial charge in [-0.1, -0.05) is 0 Å². The maximum atomic E-state index is 11.6. The van der Waals surface area contributed by atoms with Crippen molar-refractivity contribution in [2.24, 2.45) is 0 Å². The summed E-state index contributed by atoms with van der Waals surface area (Å²) < 4.78 is 0. The van der Waals surface area contributed by atoms with E-state index in [2.05, 4.69) is 6.92 Å². The Labute approximate surface area is 73.3 Å². The van der Waals surface area contributed by atoms with Crippen LogP contribution in [0.15, 0.2) is 0 Å². The summed E-state index contributed by atoms with van der Waals surface area (Å²) in [5.41, 5.74) is 0.237. The summed E-state index contributed by atoms with van der Waals surface area (Å²) in [5.74, 6) is 0. The number of likely N-dealkylation sites (N-methyl/N-ethyl adjacent to an activating group) is 2. The van der Waals surface area contributed by atoms with Gasteiger partial charge in [0.2, 0.25) is 0 Å². The van der Waals surface area contributed by atoms with Crippen LogP contribution in [0.4, 0.5) is 4.79 Å². The van der Waals surface area contributed by atoms with E-state index in [4.69, 9.17) is 0 Å². The Morgan fingerprint density at radius 2 is 2.17 bits per heavy atom. The van der Waals surface area contributed by atoms with Gasteiger partial charge in [0.15, 0.2) is 0 Å². The smallest absolute Gasteiger partial charge is 0.320 e. The molecule has 1 spiro atoms. The van der Waals surface area contributed by atoms with Gasteiger partial charge in [0.1, 0.15) is 0 Å². The van der Waals surface area contributed by atoms with Gasteiger partial charge in [-0.3, -0.25) is 0 Å². The van der Waals surface area contributed by atoms with Crippen LogP contribution in [-0.2, 0) is 0 Å². The third kappa shape index (κ3) is 0.793. The van der Waals surface area contributed by atoms with E-state index in [9.17, 15) is 4.79 Å². The molecule has 0 unspecified atom stereocenters. The van der Waals surface area contributed by atoms with Gasteiger partial charge in [-0.05, 0) is 26.2 Å². The van der Waals surface area contributed by atoms with E-state index < -0.39 is 0 Å². The van der Waals surface area contributed by atoms with E-state index in [-0.39, 0.29) is 11.6 Å². The molecule has 1 aliphatic heterocycles. The van der Waals surface area contributed by atoms with Crippen molar-refractivity contribution in [2.75, 3.05) is 20.1 Å². The predicted octanol–water partition coefficient (Wildman–Crippen LogP) is 1.30. The Balaban J connectivity index is 2.20. The first-order chi connectivity index (χ1) is 5.69. The molecule has 0 atom stereocenters. The van der Waals surface area contributed by atoms with Crippen LogP contribution in [0.3, 0.4) is 0 Å². The molecule has 2 rings (SSSR count). The largest absolute Gasteiger partial charge is 0.325 e. The fourth-order valence-corrected chi connectivity index (χ4v) is 2.49. The first-order valence-electron chi connectivity index (χ1n) is 4.72. The predicted molar refractivity (Wildman–Crippen MR) is 47.0 cm³/mol. The number of carbonyl (C=O) groups is 1. The van der Waals surface area contributed by atoms with Gasteiger partial charge in [-0.2, -0.15) is 0 Å². The Kier molecular flexibility index (Phi) is 1.56. The number of hydrogen-bond acceptors (Lipinski definition) is 1. The standard InChI is InChI=1S/C9H16N2O/c1-3-11-8(12)10(2)7-9(11)5-4-6-9/h3-7H2,1-2H3. The summed E-state index contributed by atoms with van der Waals surface area (Å²) in [6.07, 6.45) is 3.70. The second-order valence-electron chi connectivity index (χ2n) is 3.96. The van der Waals surface area contributed by atoms with Crippen LogP contribution in [0, 0.1) is 0 Å².